The summed E-state index contributed by atoms with van der Waals surface area (Å²) in [5, 5.41) is 16.1. The molecule has 0 radical (unpaired) electrons. The van der Waals surface area contributed by atoms with Gasteiger partial charge in [-0.15, -0.1) is 0 Å². The molecule has 0 unspecified atom stereocenters. The molecule has 3 atom stereocenters. The molecule has 0 aliphatic rings. The van der Waals surface area contributed by atoms with Gasteiger partial charge in [-0.05, 0) is 59.4 Å². The highest BCUT2D eigenvalue weighted by Gasteiger charge is 2.30. The van der Waals surface area contributed by atoms with E-state index < -0.39 is 47.4 Å². The van der Waals surface area contributed by atoms with Gasteiger partial charge < -0.3 is 25.2 Å². The van der Waals surface area contributed by atoms with Crippen molar-refractivity contribution < 1.29 is 29.0 Å². The normalized spacial score (nSPS) is 14.6. The van der Waals surface area contributed by atoms with Gasteiger partial charge in [0.1, 0.15) is 17.2 Å². The van der Waals surface area contributed by atoms with Crippen molar-refractivity contribution in [2.45, 2.75) is 104 Å². The van der Waals surface area contributed by atoms with Crippen LogP contribution in [-0.4, -0.2) is 52.5 Å². The lowest BCUT2D eigenvalue weighted by atomic mass is 9.97. The number of hydrogen-bond acceptors (Lipinski definition) is 6. The fourth-order valence-electron chi connectivity index (χ4n) is 3.28. The Bertz CT molecular complexity index is 796. The molecule has 8 nitrogen and oxygen atoms in total. The number of hydrogen-bond donors (Lipinski definition) is 3. The van der Waals surface area contributed by atoms with Crippen LogP contribution in [-0.2, 0) is 25.5 Å². The Morgan fingerprint density at radius 1 is 0.912 bits per heavy atom. The standard InChI is InChI=1S/C26H42N2O6/c1-17(2)14-19(28-24(32)34-26(6,7)8)21(29)16-22(30)27-20(23(31)33-25(3,4)5)15-18-12-10-9-11-13-18/h9-13,17,19-21,29H,14-16H2,1-8H3,(H,27,30)(H,28,32)/t19-,20-,21-/m0/s1. The highest BCUT2D eigenvalue weighted by molar-refractivity contribution is 5.85. The van der Waals surface area contributed by atoms with Crippen LogP contribution in [0.3, 0.4) is 0 Å². The summed E-state index contributed by atoms with van der Waals surface area (Å²) in [6, 6.07) is 7.70. The zero-order valence-electron chi connectivity index (χ0n) is 21.8. The highest BCUT2D eigenvalue weighted by Crippen LogP contribution is 2.15. The van der Waals surface area contributed by atoms with Gasteiger partial charge in [0.2, 0.25) is 5.91 Å². The molecule has 0 spiro atoms. The Morgan fingerprint density at radius 2 is 1.47 bits per heavy atom. The lowest BCUT2D eigenvalue weighted by Gasteiger charge is -2.28. The van der Waals surface area contributed by atoms with Crippen LogP contribution in [0.25, 0.3) is 0 Å². The van der Waals surface area contributed by atoms with Crippen LogP contribution in [0.15, 0.2) is 30.3 Å². The molecule has 1 rings (SSSR count). The Morgan fingerprint density at radius 3 is 1.97 bits per heavy atom. The SMILES string of the molecule is CC(C)C[C@H](NC(=O)OC(C)(C)C)[C@@H](O)CC(=O)N[C@@H](Cc1ccccc1)C(=O)OC(C)(C)C. The second-order valence-electron chi connectivity index (χ2n) is 11.0. The molecule has 0 aliphatic carbocycles. The predicted molar refractivity (Wildman–Crippen MR) is 131 cm³/mol. The minimum Gasteiger partial charge on any atom is -0.458 e. The Labute approximate surface area is 203 Å². The highest BCUT2D eigenvalue weighted by atomic mass is 16.6. The molecule has 0 fully saturated rings. The number of ether oxygens (including phenoxy) is 2. The Hall–Kier alpha value is -2.61. The first-order chi connectivity index (χ1) is 15.6. The number of amides is 2. The van der Waals surface area contributed by atoms with Crippen molar-refractivity contribution in [3.63, 3.8) is 0 Å². The molecule has 1 aromatic rings. The predicted octanol–water partition coefficient (Wildman–Crippen LogP) is 3.75. The van der Waals surface area contributed by atoms with E-state index in [1.165, 1.54) is 0 Å². The van der Waals surface area contributed by atoms with Gasteiger partial charge in [0.15, 0.2) is 0 Å². The van der Waals surface area contributed by atoms with Crippen molar-refractivity contribution in [2.24, 2.45) is 5.92 Å². The molecule has 34 heavy (non-hydrogen) atoms. The maximum Gasteiger partial charge on any atom is 0.407 e. The third-order valence-electron chi connectivity index (χ3n) is 4.60. The van der Waals surface area contributed by atoms with E-state index in [9.17, 15) is 19.5 Å². The van der Waals surface area contributed by atoms with Crippen molar-refractivity contribution in [3.05, 3.63) is 35.9 Å². The van der Waals surface area contributed by atoms with E-state index in [4.69, 9.17) is 9.47 Å². The van der Waals surface area contributed by atoms with Gasteiger partial charge >= 0.3 is 12.1 Å². The van der Waals surface area contributed by atoms with Crippen LogP contribution >= 0.6 is 0 Å². The fraction of sp³-hybridized carbons (Fsp3) is 0.654. The van der Waals surface area contributed by atoms with Gasteiger partial charge in [-0.1, -0.05) is 44.2 Å². The lowest BCUT2D eigenvalue weighted by Crippen LogP contribution is -2.50. The largest absolute Gasteiger partial charge is 0.458 e. The van der Waals surface area contributed by atoms with Crippen LogP contribution in [0, 0.1) is 5.92 Å². The Balaban J connectivity index is 2.90. The van der Waals surface area contributed by atoms with E-state index in [2.05, 4.69) is 10.6 Å². The molecular weight excluding hydrogens is 436 g/mol. The number of carbonyl (C=O) groups excluding carboxylic acids is 3. The molecule has 0 saturated heterocycles. The molecule has 0 heterocycles. The van der Waals surface area contributed by atoms with E-state index in [-0.39, 0.29) is 18.8 Å². The summed E-state index contributed by atoms with van der Waals surface area (Å²) in [6.45, 7) is 14.4. The summed E-state index contributed by atoms with van der Waals surface area (Å²) in [5.41, 5.74) is -0.536. The summed E-state index contributed by atoms with van der Waals surface area (Å²) >= 11 is 0. The molecule has 192 valence electrons. The Kier molecular flexibility index (Phi) is 11.0. The van der Waals surface area contributed by atoms with Crippen molar-refractivity contribution in [3.8, 4) is 0 Å². The molecule has 1 aromatic carbocycles. The zero-order valence-corrected chi connectivity index (χ0v) is 21.8. The maximum absolute atomic E-state index is 12.8. The fourth-order valence-corrected chi connectivity index (χ4v) is 3.28. The van der Waals surface area contributed by atoms with Gasteiger partial charge in [-0.2, -0.15) is 0 Å². The molecule has 8 heteroatoms. The van der Waals surface area contributed by atoms with E-state index >= 15 is 0 Å². The van der Waals surface area contributed by atoms with Gasteiger partial charge in [0.25, 0.3) is 0 Å². The zero-order chi connectivity index (χ0) is 26.1. The lowest BCUT2D eigenvalue weighted by molar-refractivity contribution is -0.158. The molecule has 0 saturated carbocycles. The monoisotopic (exact) mass is 478 g/mol. The van der Waals surface area contributed by atoms with Crippen molar-refractivity contribution >= 4 is 18.0 Å². The second-order valence-corrected chi connectivity index (χ2v) is 11.0. The quantitative estimate of drug-likeness (QED) is 0.442. The number of esters is 1. The number of aliphatic hydroxyl groups excluding tert-OH is 1. The van der Waals surface area contributed by atoms with E-state index in [0.717, 1.165) is 5.56 Å². The van der Waals surface area contributed by atoms with Gasteiger partial charge in [-0.3, -0.25) is 4.79 Å². The summed E-state index contributed by atoms with van der Waals surface area (Å²) in [5.74, 6) is -0.908. The summed E-state index contributed by atoms with van der Waals surface area (Å²) in [6.07, 6.45) is -1.41. The number of benzene rings is 1. The molecule has 3 N–H and O–H groups in total. The average molecular weight is 479 g/mol. The van der Waals surface area contributed by atoms with Crippen LogP contribution < -0.4 is 10.6 Å². The molecular formula is C26H42N2O6. The maximum atomic E-state index is 12.8. The number of nitrogens with one attached hydrogen (secondary N) is 2. The summed E-state index contributed by atoms with van der Waals surface area (Å²) in [4.78, 5) is 37.8. The first kappa shape index (κ1) is 29.4. The number of carbonyl (C=O) groups is 3. The number of alkyl carbamates (subject to hydrolysis) is 1. The minimum absolute atomic E-state index is 0.158. The van der Waals surface area contributed by atoms with E-state index in [0.29, 0.717) is 6.42 Å². The van der Waals surface area contributed by atoms with Crippen molar-refractivity contribution in [2.75, 3.05) is 0 Å². The van der Waals surface area contributed by atoms with Crippen LogP contribution in [0.2, 0.25) is 0 Å². The third-order valence-corrected chi connectivity index (χ3v) is 4.60. The topological polar surface area (TPSA) is 114 Å². The molecule has 2 amide bonds. The van der Waals surface area contributed by atoms with Gasteiger partial charge in [0, 0.05) is 6.42 Å². The van der Waals surface area contributed by atoms with Gasteiger partial charge in [0.05, 0.1) is 18.6 Å². The van der Waals surface area contributed by atoms with E-state index in [1.807, 2.05) is 44.2 Å². The molecule has 0 aliphatic heterocycles. The van der Waals surface area contributed by atoms with Crippen molar-refractivity contribution in [1.29, 1.82) is 0 Å². The summed E-state index contributed by atoms with van der Waals surface area (Å²) in [7, 11) is 0. The average Bonchev–Trinajstić information content (AvgIpc) is 2.64. The van der Waals surface area contributed by atoms with Crippen LogP contribution in [0.4, 0.5) is 4.79 Å². The second kappa shape index (κ2) is 12.7. The van der Waals surface area contributed by atoms with E-state index in [1.54, 1.807) is 41.5 Å². The van der Waals surface area contributed by atoms with Gasteiger partial charge in [-0.25, -0.2) is 9.59 Å². The number of aliphatic hydroxyl groups is 1. The van der Waals surface area contributed by atoms with Crippen LogP contribution in [0.5, 0.6) is 0 Å². The first-order valence-electron chi connectivity index (χ1n) is 11.8. The van der Waals surface area contributed by atoms with Crippen molar-refractivity contribution in [1.82, 2.24) is 10.6 Å². The molecule has 0 aromatic heterocycles. The summed E-state index contributed by atoms with van der Waals surface area (Å²) < 4.78 is 10.8. The molecule has 0 bridgehead atoms. The number of rotatable bonds is 10. The first-order valence-corrected chi connectivity index (χ1v) is 11.8. The third kappa shape index (κ3) is 12.6. The smallest absolute Gasteiger partial charge is 0.407 e. The minimum atomic E-state index is -1.16. The van der Waals surface area contributed by atoms with Crippen LogP contribution in [0.1, 0.15) is 73.8 Å².